The fourth-order valence-corrected chi connectivity index (χ4v) is 3.43. The number of nitrogens with one attached hydrogen (secondary N) is 2. The van der Waals surface area contributed by atoms with Gasteiger partial charge >= 0.3 is 11.2 Å². The largest absolute Gasteiger partial charge is 0.366 e. The summed E-state index contributed by atoms with van der Waals surface area (Å²) in [5, 5.41) is 14.4. The molecule has 0 saturated heterocycles. The normalized spacial score (nSPS) is 18.1. The molecule has 0 fully saturated rings. The number of hydrogen-bond acceptors (Lipinski definition) is 6. The number of H-pyrrole nitrogens is 1. The van der Waals surface area contributed by atoms with Gasteiger partial charge in [-0.25, -0.2) is 13.8 Å². The molecule has 2 heterocycles. The van der Waals surface area contributed by atoms with E-state index in [1.54, 1.807) is 6.07 Å². The number of nitro groups is 1. The van der Waals surface area contributed by atoms with Crippen molar-refractivity contribution in [1.29, 1.82) is 0 Å². The van der Waals surface area contributed by atoms with Gasteiger partial charge in [0.25, 0.3) is 0 Å². The third-order valence-corrected chi connectivity index (χ3v) is 5.11. The standard InChI is InChI=1S/C21H15F2N5O4/c22-17-6-1-11(18(24)29)10-21(17,23)12-2-4-13(5-3-12)26-15-7-8-25-19-14(15)9-16(28(31)32)20(30)27-19/h1-9H,10H2,(H2,24,29)(H2,25,26,27,30). The van der Waals surface area contributed by atoms with Gasteiger partial charge in [0.05, 0.1) is 10.6 Å². The number of allylic oxidation sites excluding steroid dienone is 3. The van der Waals surface area contributed by atoms with Gasteiger partial charge in [-0.1, -0.05) is 18.2 Å². The minimum absolute atomic E-state index is 0.0109. The zero-order valence-electron chi connectivity index (χ0n) is 16.3. The van der Waals surface area contributed by atoms with Crippen LogP contribution in [-0.2, 0) is 10.5 Å². The number of primary amides is 1. The van der Waals surface area contributed by atoms with Gasteiger partial charge in [0, 0.05) is 35.3 Å². The molecule has 3 aromatic rings. The Kier molecular flexibility index (Phi) is 5.01. The number of pyridine rings is 2. The number of fused-ring (bicyclic) bond motifs is 1. The number of nitrogens with two attached hydrogens (primary N) is 1. The van der Waals surface area contributed by atoms with Gasteiger partial charge < -0.3 is 16.0 Å². The van der Waals surface area contributed by atoms with Crippen LogP contribution in [0.1, 0.15) is 12.0 Å². The maximum atomic E-state index is 15.4. The minimum Gasteiger partial charge on any atom is -0.366 e. The van der Waals surface area contributed by atoms with E-state index in [4.69, 9.17) is 5.73 Å². The molecule has 162 valence electrons. The lowest BCUT2D eigenvalue weighted by Gasteiger charge is -2.27. The third-order valence-electron chi connectivity index (χ3n) is 5.11. The first kappa shape index (κ1) is 20.8. The van der Waals surface area contributed by atoms with Crippen LogP contribution in [0.2, 0.25) is 0 Å². The van der Waals surface area contributed by atoms with Gasteiger partial charge in [-0.2, -0.15) is 0 Å². The molecule has 9 nitrogen and oxygen atoms in total. The second-order valence-corrected chi connectivity index (χ2v) is 7.11. The molecule has 1 aliphatic rings. The van der Waals surface area contributed by atoms with Gasteiger partial charge in [0.2, 0.25) is 5.91 Å². The molecular formula is C21H15F2N5O4. The molecule has 4 rings (SSSR count). The maximum Gasteiger partial charge on any atom is 0.334 e. The monoisotopic (exact) mass is 439 g/mol. The third kappa shape index (κ3) is 3.60. The van der Waals surface area contributed by atoms with Gasteiger partial charge in [0.15, 0.2) is 5.67 Å². The molecule has 32 heavy (non-hydrogen) atoms. The highest BCUT2D eigenvalue weighted by Crippen LogP contribution is 2.43. The summed E-state index contributed by atoms with van der Waals surface area (Å²) in [4.78, 5) is 39.8. The average molecular weight is 439 g/mol. The van der Waals surface area contributed by atoms with E-state index in [-0.39, 0.29) is 16.8 Å². The summed E-state index contributed by atoms with van der Waals surface area (Å²) in [6, 6.07) is 8.33. The van der Waals surface area contributed by atoms with Crippen LogP contribution in [0.5, 0.6) is 0 Å². The summed E-state index contributed by atoms with van der Waals surface area (Å²) in [5.74, 6) is -1.87. The Morgan fingerprint density at radius 3 is 2.62 bits per heavy atom. The average Bonchev–Trinajstić information content (AvgIpc) is 2.75. The number of benzene rings is 1. The van der Waals surface area contributed by atoms with Gasteiger partial charge in [-0.3, -0.25) is 19.7 Å². The van der Waals surface area contributed by atoms with E-state index in [2.05, 4.69) is 15.3 Å². The molecule has 0 saturated carbocycles. The van der Waals surface area contributed by atoms with E-state index in [1.807, 2.05) is 0 Å². The van der Waals surface area contributed by atoms with Crippen molar-refractivity contribution in [3.63, 3.8) is 0 Å². The van der Waals surface area contributed by atoms with Gasteiger partial charge in [0.1, 0.15) is 11.5 Å². The van der Waals surface area contributed by atoms with E-state index >= 15 is 4.39 Å². The van der Waals surface area contributed by atoms with Crippen molar-refractivity contribution in [1.82, 2.24) is 9.97 Å². The topological polar surface area (TPSA) is 144 Å². The van der Waals surface area contributed by atoms with Crippen molar-refractivity contribution in [3.8, 4) is 0 Å². The molecule has 1 amide bonds. The highest BCUT2D eigenvalue weighted by Gasteiger charge is 2.41. The first-order chi connectivity index (χ1) is 15.2. The number of nitrogens with zero attached hydrogens (tertiary/aromatic N) is 2. The highest BCUT2D eigenvalue weighted by atomic mass is 19.2. The second-order valence-electron chi connectivity index (χ2n) is 7.11. The summed E-state index contributed by atoms with van der Waals surface area (Å²) < 4.78 is 29.7. The smallest absolute Gasteiger partial charge is 0.334 e. The van der Waals surface area contributed by atoms with Crippen LogP contribution in [-0.4, -0.2) is 20.8 Å². The van der Waals surface area contributed by atoms with Crippen LogP contribution in [0.25, 0.3) is 11.0 Å². The zero-order chi connectivity index (χ0) is 23.0. The number of carbonyl (C=O) groups excluding carboxylic acids is 1. The number of carbonyl (C=O) groups is 1. The molecule has 11 heteroatoms. The molecule has 1 aromatic carbocycles. The van der Waals surface area contributed by atoms with E-state index in [1.165, 1.54) is 30.5 Å². The van der Waals surface area contributed by atoms with E-state index in [0.29, 0.717) is 16.8 Å². The van der Waals surface area contributed by atoms with Crippen LogP contribution in [0.4, 0.5) is 25.8 Å². The number of alkyl halides is 1. The van der Waals surface area contributed by atoms with Crippen molar-refractivity contribution >= 4 is 34.0 Å². The molecule has 1 aliphatic carbocycles. The summed E-state index contributed by atoms with van der Waals surface area (Å²) in [5.41, 5.74) is 2.12. The molecule has 1 unspecified atom stereocenters. The second kappa shape index (κ2) is 7.69. The number of hydrogen-bond donors (Lipinski definition) is 3. The predicted octanol–water partition coefficient (Wildman–Crippen LogP) is 3.41. The van der Waals surface area contributed by atoms with Gasteiger partial charge in [-0.15, -0.1) is 0 Å². The lowest BCUT2D eigenvalue weighted by Crippen LogP contribution is -2.28. The van der Waals surface area contributed by atoms with Crippen molar-refractivity contribution in [2.24, 2.45) is 5.73 Å². The number of aromatic amines is 1. The summed E-state index contributed by atoms with van der Waals surface area (Å²) in [6.07, 6.45) is 2.91. The number of anilines is 2. The van der Waals surface area contributed by atoms with E-state index < -0.39 is 40.0 Å². The molecule has 0 radical (unpaired) electrons. The highest BCUT2D eigenvalue weighted by molar-refractivity contribution is 5.93. The van der Waals surface area contributed by atoms with Crippen molar-refractivity contribution in [3.05, 3.63) is 92.2 Å². The molecule has 1 atom stereocenters. The SMILES string of the molecule is NC(=O)C1=CC=C(F)C(F)(c2ccc(Nc3ccnc4[nH]c(=O)c([N+](=O)[O-])cc34)cc2)C1. The van der Waals surface area contributed by atoms with E-state index in [9.17, 15) is 24.1 Å². The van der Waals surface area contributed by atoms with E-state index in [0.717, 1.165) is 18.2 Å². The Morgan fingerprint density at radius 2 is 1.97 bits per heavy atom. The molecular weight excluding hydrogens is 424 g/mol. The van der Waals surface area contributed by atoms with Crippen LogP contribution >= 0.6 is 0 Å². The zero-order valence-corrected chi connectivity index (χ0v) is 16.3. The molecule has 0 spiro atoms. The Balaban J connectivity index is 1.66. The number of rotatable bonds is 5. The lowest BCUT2D eigenvalue weighted by atomic mass is 9.84. The maximum absolute atomic E-state index is 15.4. The number of amides is 1. The van der Waals surface area contributed by atoms with Crippen LogP contribution < -0.4 is 16.6 Å². The fourth-order valence-electron chi connectivity index (χ4n) is 3.43. The molecule has 2 aromatic heterocycles. The molecule has 0 aliphatic heterocycles. The minimum atomic E-state index is -2.53. The fraction of sp³-hybridized carbons (Fsp3) is 0.0952. The number of halogens is 2. The van der Waals surface area contributed by atoms with Crippen LogP contribution in [0.15, 0.2) is 70.9 Å². The number of aromatic nitrogens is 2. The van der Waals surface area contributed by atoms with Gasteiger partial charge in [-0.05, 0) is 29.8 Å². The Morgan fingerprint density at radius 1 is 1.25 bits per heavy atom. The summed E-state index contributed by atoms with van der Waals surface area (Å²) in [6.45, 7) is 0. The Bertz CT molecular complexity index is 1380. The van der Waals surface area contributed by atoms with Crippen molar-refractivity contribution < 1.29 is 18.5 Å². The Hall–Kier alpha value is -4.41. The van der Waals surface area contributed by atoms with Crippen molar-refractivity contribution in [2.75, 3.05) is 5.32 Å². The molecule has 0 bridgehead atoms. The Labute approximate surface area is 178 Å². The lowest BCUT2D eigenvalue weighted by molar-refractivity contribution is -0.386. The van der Waals surface area contributed by atoms with Crippen molar-refractivity contribution in [2.45, 2.75) is 12.1 Å². The van der Waals surface area contributed by atoms with Crippen LogP contribution in [0.3, 0.4) is 0 Å². The molecule has 4 N–H and O–H groups in total. The predicted molar refractivity (Wildman–Crippen MR) is 113 cm³/mol. The summed E-state index contributed by atoms with van der Waals surface area (Å²) >= 11 is 0. The first-order valence-electron chi connectivity index (χ1n) is 9.28. The van der Waals surface area contributed by atoms with Crippen LogP contribution in [0, 0.1) is 10.1 Å². The summed E-state index contributed by atoms with van der Waals surface area (Å²) in [7, 11) is 0. The quantitative estimate of drug-likeness (QED) is 0.410. The first-order valence-corrected chi connectivity index (χ1v) is 9.28.